The number of halogens is 3. The summed E-state index contributed by atoms with van der Waals surface area (Å²) in [5.74, 6) is -1.37. The molecular formula is C12H19F3O2. The molecule has 0 heterocycles. The number of hydrogen-bond donors (Lipinski definition) is 0. The molecule has 5 heteroatoms. The number of ether oxygens (including phenoxy) is 1. The van der Waals surface area contributed by atoms with Crippen LogP contribution in [-0.4, -0.2) is 18.2 Å². The van der Waals surface area contributed by atoms with Gasteiger partial charge in [-0.15, -0.1) is 0 Å². The van der Waals surface area contributed by atoms with Crippen molar-refractivity contribution < 1.29 is 22.7 Å². The molecule has 0 N–H and O–H groups in total. The van der Waals surface area contributed by atoms with Crippen LogP contribution in [0.1, 0.15) is 46.0 Å². The molecule has 2 nitrogen and oxygen atoms in total. The Morgan fingerprint density at radius 2 is 1.88 bits per heavy atom. The van der Waals surface area contributed by atoms with Crippen molar-refractivity contribution in [1.82, 2.24) is 0 Å². The Kier molecular flexibility index (Phi) is 6.92. The minimum absolute atomic E-state index is 0.501. The highest BCUT2D eigenvalue weighted by molar-refractivity contribution is 5.89. The highest BCUT2D eigenvalue weighted by Crippen LogP contribution is 2.25. The van der Waals surface area contributed by atoms with Crippen molar-refractivity contribution in [3.05, 3.63) is 12.2 Å². The van der Waals surface area contributed by atoms with Crippen LogP contribution in [0.5, 0.6) is 0 Å². The minimum Gasteiger partial charge on any atom is -0.459 e. The van der Waals surface area contributed by atoms with Crippen LogP contribution in [0, 0.1) is 0 Å². The van der Waals surface area contributed by atoms with E-state index >= 15 is 0 Å². The van der Waals surface area contributed by atoms with Crippen LogP contribution in [-0.2, 0) is 9.53 Å². The summed E-state index contributed by atoms with van der Waals surface area (Å²) >= 11 is 0. The molecule has 17 heavy (non-hydrogen) atoms. The molecule has 0 aromatic carbocycles. The first-order chi connectivity index (χ1) is 7.79. The summed E-state index contributed by atoms with van der Waals surface area (Å²) in [4.78, 5) is 11.0. The first kappa shape index (κ1) is 16.0. The quantitative estimate of drug-likeness (QED) is 0.389. The minimum atomic E-state index is -4.71. The number of hydrogen-bond acceptors (Lipinski definition) is 2. The normalized spacial score (nSPS) is 13.2. The molecule has 0 amide bonds. The summed E-state index contributed by atoms with van der Waals surface area (Å²) in [6.07, 6.45) is -0.622. The fourth-order valence-electron chi connectivity index (χ4n) is 1.29. The number of alkyl halides is 3. The molecule has 0 radical (unpaired) electrons. The van der Waals surface area contributed by atoms with E-state index in [2.05, 4.69) is 18.2 Å². The predicted octanol–water partition coefficient (Wildman–Crippen LogP) is 4.01. The van der Waals surface area contributed by atoms with Crippen LogP contribution >= 0.6 is 0 Å². The van der Waals surface area contributed by atoms with Crippen LogP contribution in [0.4, 0.5) is 13.2 Å². The summed E-state index contributed by atoms with van der Waals surface area (Å²) in [5, 5.41) is 0. The van der Waals surface area contributed by atoms with Gasteiger partial charge in [-0.1, -0.05) is 32.8 Å². The van der Waals surface area contributed by atoms with Gasteiger partial charge in [0.2, 0.25) is 0 Å². The number of esters is 1. The molecule has 1 atom stereocenters. The maximum absolute atomic E-state index is 12.1. The van der Waals surface area contributed by atoms with E-state index in [0.29, 0.717) is 6.42 Å². The topological polar surface area (TPSA) is 26.3 Å². The lowest BCUT2D eigenvalue weighted by Gasteiger charge is -2.15. The lowest BCUT2D eigenvalue weighted by atomic mass is 10.1. The molecule has 0 bridgehead atoms. The smallest absolute Gasteiger partial charge is 0.422 e. The van der Waals surface area contributed by atoms with E-state index in [1.807, 2.05) is 0 Å². The molecule has 0 aliphatic heterocycles. The second-order valence-electron chi connectivity index (χ2n) is 4.04. The third kappa shape index (κ3) is 7.02. The van der Waals surface area contributed by atoms with Crippen molar-refractivity contribution in [2.75, 3.05) is 0 Å². The Bertz CT molecular complexity index is 259. The van der Waals surface area contributed by atoms with Crippen LogP contribution in [0.25, 0.3) is 0 Å². The number of unbranched alkanes of at least 4 members (excludes halogenated alkanes) is 3. The van der Waals surface area contributed by atoms with E-state index < -0.39 is 23.8 Å². The van der Waals surface area contributed by atoms with Gasteiger partial charge >= 0.3 is 12.1 Å². The lowest BCUT2D eigenvalue weighted by Crippen LogP contribution is -2.24. The maximum atomic E-state index is 12.1. The Labute approximate surface area is 99.8 Å². The van der Waals surface area contributed by atoms with E-state index in [-0.39, 0.29) is 0 Å². The van der Waals surface area contributed by atoms with E-state index in [0.717, 1.165) is 25.7 Å². The molecule has 0 aliphatic carbocycles. The van der Waals surface area contributed by atoms with Gasteiger partial charge in [-0.25, -0.2) is 4.79 Å². The molecule has 0 saturated heterocycles. The average molecular weight is 252 g/mol. The van der Waals surface area contributed by atoms with Gasteiger partial charge in [-0.2, -0.15) is 13.2 Å². The highest BCUT2D eigenvalue weighted by atomic mass is 19.4. The summed E-state index contributed by atoms with van der Waals surface area (Å²) in [6.45, 7) is 6.35. The molecule has 0 aliphatic rings. The van der Waals surface area contributed by atoms with Crippen molar-refractivity contribution in [1.29, 1.82) is 0 Å². The zero-order valence-electron chi connectivity index (χ0n) is 10.3. The summed E-state index contributed by atoms with van der Waals surface area (Å²) in [5.41, 5.74) is -1.45. The molecule has 1 unspecified atom stereocenters. The molecule has 0 saturated carbocycles. The van der Waals surface area contributed by atoms with Gasteiger partial charge < -0.3 is 4.74 Å². The molecular weight excluding hydrogens is 233 g/mol. The number of rotatable bonds is 7. The van der Waals surface area contributed by atoms with Gasteiger partial charge in [0.15, 0.2) is 0 Å². The summed E-state index contributed by atoms with van der Waals surface area (Å²) in [7, 11) is 0. The second-order valence-corrected chi connectivity index (χ2v) is 4.04. The maximum Gasteiger partial charge on any atom is 0.422 e. The van der Waals surface area contributed by atoms with E-state index in [4.69, 9.17) is 0 Å². The van der Waals surface area contributed by atoms with Crippen molar-refractivity contribution in [2.45, 2.75) is 58.2 Å². The fourth-order valence-corrected chi connectivity index (χ4v) is 1.29. The van der Waals surface area contributed by atoms with Crippen LogP contribution in [0.2, 0.25) is 0 Å². The third-order valence-corrected chi connectivity index (χ3v) is 2.36. The predicted molar refractivity (Wildman–Crippen MR) is 59.5 cm³/mol. The van der Waals surface area contributed by atoms with Gasteiger partial charge in [-0.05, 0) is 19.8 Å². The van der Waals surface area contributed by atoms with E-state index in [9.17, 15) is 18.0 Å². The summed E-state index contributed by atoms with van der Waals surface area (Å²) in [6, 6.07) is 0. The average Bonchev–Trinajstić information content (AvgIpc) is 2.22. The van der Waals surface area contributed by atoms with Crippen LogP contribution < -0.4 is 0 Å². The Morgan fingerprint density at radius 3 is 2.35 bits per heavy atom. The van der Waals surface area contributed by atoms with Crippen molar-refractivity contribution in [3.63, 3.8) is 0 Å². The van der Waals surface area contributed by atoms with E-state index in [1.54, 1.807) is 6.92 Å². The largest absolute Gasteiger partial charge is 0.459 e. The fraction of sp³-hybridized carbons (Fsp3) is 0.750. The standard InChI is InChI=1S/C12H19F3O2/c1-4-5-6-7-8-9(2)17-11(16)10(3)12(13,14)15/h9H,3-8H2,1-2H3. The Balaban J connectivity index is 3.92. The molecule has 100 valence electrons. The first-order valence-corrected chi connectivity index (χ1v) is 5.76. The van der Waals surface area contributed by atoms with Gasteiger partial charge in [0, 0.05) is 0 Å². The monoisotopic (exact) mass is 252 g/mol. The lowest BCUT2D eigenvalue weighted by molar-refractivity contribution is -0.154. The summed E-state index contributed by atoms with van der Waals surface area (Å²) < 4.78 is 41.0. The molecule has 0 aromatic heterocycles. The van der Waals surface area contributed by atoms with Gasteiger partial charge in [0.1, 0.15) is 5.57 Å². The van der Waals surface area contributed by atoms with Crippen molar-refractivity contribution >= 4 is 5.97 Å². The number of carbonyl (C=O) groups excluding carboxylic acids is 1. The Hall–Kier alpha value is -1.00. The second kappa shape index (κ2) is 7.35. The third-order valence-electron chi connectivity index (χ3n) is 2.36. The van der Waals surface area contributed by atoms with Gasteiger partial charge in [0.25, 0.3) is 0 Å². The zero-order chi connectivity index (χ0) is 13.5. The molecule has 0 aromatic rings. The zero-order valence-corrected chi connectivity index (χ0v) is 10.3. The molecule has 0 fully saturated rings. The first-order valence-electron chi connectivity index (χ1n) is 5.76. The van der Waals surface area contributed by atoms with Crippen LogP contribution in [0.3, 0.4) is 0 Å². The molecule has 0 rings (SSSR count). The number of carbonyl (C=O) groups is 1. The van der Waals surface area contributed by atoms with Crippen LogP contribution in [0.15, 0.2) is 12.2 Å². The van der Waals surface area contributed by atoms with E-state index in [1.165, 1.54) is 0 Å². The van der Waals surface area contributed by atoms with Crippen molar-refractivity contribution in [3.8, 4) is 0 Å². The Morgan fingerprint density at radius 1 is 1.29 bits per heavy atom. The molecule has 0 spiro atoms. The SMILES string of the molecule is C=C(C(=O)OC(C)CCCCCC)C(F)(F)F. The van der Waals surface area contributed by atoms with Crippen molar-refractivity contribution in [2.24, 2.45) is 0 Å². The van der Waals surface area contributed by atoms with Gasteiger partial charge in [0.05, 0.1) is 6.10 Å². The highest BCUT2D eigenvalue weighted by Gasteiger charge is 2.38. The van der Waals surface area contributed by atoms with Gasteiger partial charge in [-0.3, -0.25) is 0 Å².